The zero-order valence-corrected chi connectivity index (χ0v) is 14.3. The van der Waals surface area contributed by atoms with Gasteiger partial charge in [0, 0.05) is 20.6 Å². The third kappa shape index (κ3) is 3.06. The molecule has 2 aromatic heterocycles. The fraction of sp³-hybridized carbons (Fsp3) is 0.278. The summed E-state index contributed by atoms with van der Waals surface area (Å²) in [7, 11) is 3.07. The van der Waals surface area contributed by atoms with Gasteiger partial charge in [0.05, 0.1) is 6.33 Å². The van der Waals surface area contributed by atoms with E-state index in [9.17, 15) is 9.59 Å². The van der Waals surface area contributed by atoms with E-state index >= 15 is 0 Å². The molecule has 3 rings (SSSR count). The minimum Gasteiger partial charge on any atom is -0.305 e. The summed E-state index contributed by atoms with van der Waals surface area (Å²) in [6.07, 6.45) is 3.84. The van der Waals surface area contributed by atoms with Gasteiger partial charge in [-0.1, -0.05) is 43.0 Å². The Morgan fingerprint density at radius 3 is 2.60 bits per heavy atom. The third-order valence-corrected chi connectivity index (χ3v) is 4.31. The molecule has 0 amide bonds. The van der Waals surface area contributed by atoms with Crippen LogP contribution in [0.15, 0.2) is 58.9 Å². The average molecular weight is 339 g/mol. The first kappa shape index (κ1) is 16.9. The van der Waals surface area contributed by atoms with Crippen LogP contribution in [0.3, 0.4) is 0 Å². The van der Waals surface area contributed by atoms with Gasteiger partial charge in [-0.2, -0.15) is 0 Å². The number of nitrogens with zero attached hydrogens (tertiary/aromatic N) is 4. The summed E-state index contributed by atoms with van der Waals surface area (Å²) in [5.41, 5.74) is 1.21. The average Bonchev–Trinajstić information content (AvgIpc) is 3.07. The van der Waals surface area contributed by atoms with Crippen molar-refractivity contribution >= 4 is 11.2 Å². The molecule has 1 aromatic carbocycles. The zero-order chi connectivity index (χ0) is 18.0. The van der Waals surface area contributed by atoms with Crippen molar-refractivity contribution in [1.82, 2.24) is 24.0 Å². The molecule has 25 heavy (non-hydrogen) atoms. The van der Waals surface area contributed by atoms with Gasteiger partial charge in [0.15, 0.2) is 11.2 Å². The van der Waals surface area contributed by atoms with Gasteiger partial charge in [-0.15, -0.1) is 0 Å². The highest BCUT2D eigenvalue weighted by Gasteiger charge is 2.17. The monoisotopic (exact) mass is 339 g/mol. The Balaban J connectivity index is 1.90. The van der Waals surface area contributed by atoms with Gasteiger partial charge in [0.2, 0.25) is 0 Å². The summed E-state index contributed by atoms with van der Waals surface area (Å²) >= 11 is 0. The first-order valence-electron chi connectivity index (χ1n) is 8.07. The van der Waals surface area contributed by atoms with E-state index < -0.39 is 5.69 Å². The van der Waals surface area contributed by atoms with Gasteiger partial charge in [-0.25, -0.2) is 9.78 Å². The summed E-state index contributed by atoms with van der Waals surface area (Å²) in [6.45, 7) is 4.57. The highest BCUT2D eigenvalue weighted by Crippen LogP contribution is 2.12. The number of aromatic nitrogens is 4. The molecule has 1 N–H and O–H groups in total. The van der Waals surface area contributed by atoms with Crippen LogP contribution in [0, 0.1) is 0 Å². The smallest absolute Gasteiger partial charge is 0.305 e. The Morgan fingerprint density at radius 1 is 1.20 bits per heavy atom. The molecular weight excluding hydrogens is 318 g/mol. The van der Waals surface area contributed by atoms with E-state index in [4.69, 9.17) is 0 Å². The molecule has 1 unspecified atom stereocenters. The summed E-state index contributed by atoms with van der Waals surface area (Å²) in [5.74, 6) is 0. The van der Waals surface area contributed by atoms with E-state index in [1.807, 2.05) is 18.2 Å². The van der Waals surface area contributed by atoms with Crippen molar-refractivity contribution < 1.29 is 0 Å². The van der Waals surface area contributed by atoms with Crippen molar-refractivity contribution in [1.29, 1.82) is 0 Å². The van der Waals surface area contributed by atoms with Crippen LogP contribution in [0.5, 0.6) is 0 Å². The van der Waals surface area contributed by atoms with E-state index in [1.54, 1.807) is 24.0 Å². The quantitative estimate of drug-likeness (QED) is 0.679. The van der Waals surface area contributed by atoms with E-state index in [-0.39, 0.29) is 11.7 Å². The molecule has 1 atom stereocenters. The van der Waals surface area contributed by atoms with E-state index in [1.165, 1.54) is 17.2 Å². The second kappa shape index (κ2) is 6.90. The lowest BCUT2D eigenvalue weighted by molar-refractivity contribution is 0.493. The predicted octanol–water partition coefficient (Wildman–Crippen LogP) is 0.951. The molecule has 0 aliphatic heterocycles. The lowest BCUT2D eigenvalue weighted by atomic mass is 10.1. The summed E-state index contributed by atoms with van der Waals surface area (Å²) in [5, 5.41) is 3.36. The maximum absolute atomic E-state index is 12.5. The summed E-state index contributed by atoms with van der Waals surface area (Å²) in [6, 6.07) is 10.1. The molecular formula is C18H21N5O2. The van der Waals surface area contributed by atoms with Crippen molar-refractivity contribution in [2.24, 2.45) is 14.1 Å². The molecule has 0 fully saturated rings. The van der Waals surface area contributed by atoms with Crippen LogP contribution in [-0.2, 0) is 20.5 Å². The van der Waals surface area contributed by atoms with Crippen LogP contribution in [0.4, 0.5) is 0 Å². The van der Waals surface area contributed by atoms with Crippen LogP contribution in [-0.4, -0.2) is 25.2 Å². The lowest BCUT2D eigenvalue weighted by Crippen LogP contribution is -2.38. The first-order valence-corrected chi connectivity index (χ1v) is 8.07. The third-order valence-electron chi connectivity index (χ3n) is 4.31. The van der Waals surface area contributed by atoms with Crippen LogP contribution >= 0.6 is 0 Å². The van der Waals surface area contributed by atoms with Crippen molar-refractivity contribution in [3.8, 4) is 0 Å². The van der Waals surface area contributed by atoms with E-state index in [0.29, 0.717) is 17.7 Å². The number of aryl methyl sites for hydroxylation is 1. The molecule has 0 spiro atoms. The molecule has 0 saturated heterocycles. The highest BCUT2D eigenvalue weighted by atomic mass is 16.2. The topological polar surface area (TPSA) is 73.8 Å². The number of hydrogen-bond acceptors (Lipinski definition) is 4. The molecule has 0 radical (unpaired) electrons. The lowest BCUT2D eigenvalue weighted by Gasteiger charge is -2.17. The first-order chi connectivity index (χ1) is 12.0. The van der Waals surface area contributed by atoms with E-state index in [0.717, 1.165) is 11.0 Å². The fourth-order valence-electron chi connectivity index (χ4n) is 2.88. The number of fused-ring (bicyclic) bond motifs is 1. The van der Waals surface area contributed by atoms with Gasteiger partial charge in [0.25, 0.3) is 5.56 Å². The Kier molecular flexibility index (Phi) is 4.67. The Labute approximate surface area is 144 Å². The van der Waals surface area contributed by atoms with Crippen molar-refractivity contribution in [2.75, 3.05) is 6.54 Å². The second-order valence-electron chi connectivity index (χ2n) is 5.90. The second-order valence-corrected chi connectivity index (χ2v) is 5.90. The molecule has 130 valence electrons. The molecule has 0 saturated carbocycles. The van der Waals surface area contributed by atoms with Gasteiger partial charge < -0.3 is 4.57 Å². The minimum atomic E-state index is -0.394. The number of rotatable bonds is 6. The highest BCUT2D eigenvalue weighted by molar-refractivity contribution is 5.70. The Morgan fingerprint density at radius 2 is 1.92 bits per heavy atom. The fourth-order valence-corrected chi connectivity index (χ4v) is 2.88. The molecule has 7 heteroatoms. The molecule has 0 aliphatic rings. The van der Waals surface area contributed by atoms with Gasteiger partial charge in [-0.3, -0.25) is 19.2 Å². The maximum atomic E-state index is 12.5. The number of benzene rings is 1. The van der Waals surface area contributed by atoms with Crippen LogP contribution in [0.25, 0.3) is 11.2 Å². The van der Waals surface area contributed by atoms with Gasteiger partial charge >= 0.3 is 5.69 Å². The minimum absolute atomic E-state index is 0.293. The normalized spacial score (nSPS) is 12.4. The number of hydrogen-bond donors (Lipinski definition) is 1. The summed E-state index contributed by atoms with van der Waals surface area (Å²) < 4.78 is 4.18. The zero-order valence-electron chi connectivity index (χ0n) is 14.3. The molecule has 2 heterocycles. The van der Waals surface area contributed by atoms with Crippen molar-refractivity contribution in [3.05, 3.63) is 75.7 Å². The van der Waals surface area contributed by atoms with Gasteiger partial charge in [0.1, 0.15) is 6.17 Å². The molecule has 0 aliphatic carbocycles. The van der Waals surface area contributed by atoms with E-state index in [2.05, 4.69) is 29.0 Å². The Bertz CT molecular complexity index is 1010. The van der Waals surface area contributed by atoms with Gasteiger partial charge in [-0.05, 0) is 12.0 Å². The standard InChI is InChI=1S/C18H21N5O2/c1-4-14(19-11-10-13-8-6-5-7-9-13)23-12-20-16-15(23)17(24)22(3)18(25)21(16)2/h4-9,12,14,19H,1,10-11H2,2-3H3. The molecule has 3 aromatic rings. The van der Waals surface area contributed by atoms with Crippen LogP contribution in [0.1, 0.15) is 11.7 Å². The number of nitrogens with one attached hydrogen (secondary N) is 1. The molecule has 0 bridgehead atoms. The SMILES string of the molecule is C=CC(NCCc1ccccc1)n1cnc2c1c(=O)n(C)c(=O)n2C. The predicted molar refractivity (Wildman–Crippen MR) is 97.6 cm³/mol. The maximum Gasteiger partial charge on any atom is 0.332 e. The largest absolute Gasteiger partial charge is 0.332 e. The Hall–Kier alpha value is -2.93. The molecule has 7 nitrogen and oxygen atoms in total. The summed E-state index contributed by atoms with van der Waals surface area (Å²) in [4.78, 5) is 28.8. The van der Waals surface area contributed by atoms with Crippen molar-refractivity contribution in [3.63, 3.8) is 0 Å². The van der Waals surface area contributed by atoms with Crippen LogP contribution < -0.4 is 16.6 Å². The van der Waals surface area contributed by atoms with Crippen LogP contribution in [0.2, 0.25) is 0 Å². The van der Waals surface area contributed by atoms with Crippen molar-refractivity contribution in [2.45, 2.75) is 12.6 Å². The number of imidazole rings is 1.